The van der Waals surface area contributed by atoms with E-state index in [0.29, 0.717) is 10.3 Å². The van der Waals surface area contributed by atoms with Crippen molar-refractivity contribution >= 4 is 39.2 Å². The Kier molecular flexibility index (Phi) is 4.69. The summed E-state index contributed by atoms with van der Waals surface area (Å²) in [5.41, 5.74) is 4.32. The van der Waals surface area contributed by atoms with Gasteiger partial charge in [-0.3, -0.25) is 14.9 Å². The van der Waals surface area contributed by atoms with Gasteiger partial charge in [0.1, 0.15) is 0 Å². The van der Waals surface area contributed by atoms with Crippen LogP contribution in [0.4, 0.5) is 5.69 Å². The number of nitro benzene ring substituents is 1. The van der Waals surface area contributed by atoms with Crippen LogP contribution >= 0.6 is 11.3 Å². The van der Waals surface area contributed by atoms with Gasteiger partial charge in [0, 0.05) is 34.1 Å². The molecule has 2 aromatic carbocycles. The van der Waals surface area contributed by atoms with E-state index in [-0.39, 0.29) is 11.6 Å². The summed E-state index contributed by atoms with van der Waals surface area (Å²) >= 11 is 1.26. The molecular formula is C20H14N4O3S. The number of nitro groups is 1. The third-order valence-electron chi connectivity index (χ3n) is 4.11. The number of thiophene rings is 1. The van der Waals surface area contributed by atoms with E-state index in [1.54, 1.807) is 18.3 Å². The summed E-state index contributed by atoms with van der Waals surface area (Å²) in [4.78, 5) is 23.2. The van der Waals surface area contributed by atoms with Crippen molar-refractivity contribution in [3.63, 3.8) is 0 Å². The Morgan fingerprint density at radius 2 is 1.93 bits per heavy atom. The Morgan fingerprint density at radius 1 is 1.11 bits per heavy atom. The predicted octanol–water partition coefficient (Wildman–Crippen LogP) is 4.36. The number of carbonyl (C=O) groups excluding carboxylic acids is 1. The van der Waals surface area contributed by atoms with Crippen LogP contribution in [0.3, 0.4) is 0 Å². The molecule has 4 aromatic rings. The third kappa shape index (κ3) is 3.53. The highest BCUT2D eigenvalue weighted by Gasteiger charge is 2.13. The summed E-state index contributed by atoms with van der Waals surface area (Å²) in [6.07, 6.45) is 3.49. The van der Waals surface area contributed by atoms with Gasteiger partial charge in [-0.1, -0.05) is 18.2 Å². The lowest BCUT2D eigenvalue weighted by atomic mass is 10.2. The van der Waals surface area contributed by atoms with Crippen LogP contribution < -0.4 is 5.43 Å². The Labute approximate surface area is 163 Å². The molecule has 8 heteroatoms. The molecule has 2 heterocycles. The zero-order chi connectivity index (χ0) is 19.5. The number of nitrogens with one attached hydrogen (secondary N) is 1. The van der Waals surface area contributed by atoms with E-state index in [9.17, 15) is 14.9 Å². The van der Waals surface area contributed by atoms with E-state index >= 15 is 0 Å². The molecule has 0 bridgehead atoms. The van der Waals surface area contributed by atoms with Crippen molar-refractivity contribution in [3.8, 4) is 5.69 Å². The van der Waals surface area contributed by atoms with Gasteiger partial charge in [0.05, 0.1) is 21.7 Å². The first-order chi connectivity index (χ1) is 13.6. The van der Waals surface area contributed by atoms with Gasteiger partial charge in [0.15, 0.2) is 0 Å². The number of para-hydroxylation sites is 1. The molecule has 7 nitrogen and oxygen atoms in total. The van der Waals surface area contributed by atoms with Crippen molar-refractivity contribution in [2.45, 2.75) is 0 Å². The third-order valence-corrected chi connectivity index (χ3v) is 5.23. The predicted molar refractivity (Wildman–Crippen MR) is 109 cm³/mol. The maximum absolute atomic E-state index is 12.4. The molecule has 1 amide bonds. The standard InChI is InChI=1S/C20H14N4O3S/c25-20(19-12-14-11-16(24(26)27)8-9-18(14)28-19)22-21-13-17-7-4-10-23(17)15-5-2-1-3-6-15/h1-13H,(H,22,25)/b21-13-. The minimum Gasteiger partial charge on any atom is -0.316 e. The van der Waals surface area contributed by atoms with Crippen LogP contribution in [0.2, 0.25) is 0 Å². The van der Waals surface area contributed by atoms with Gasteiger partial charge in [0.25, 0.3) is 11.6 Å². The normalized spacial score (nSPS) is 11.1. The number of non-ortho nitro benzene ring substituents is 1. The Hall–Kier alpha value is -3.78. The molecule has 0 saturated heterocycles. The summed E-state index contributed by atoms with van der Waals surface area (Å²) in [6, 6.07) is 19.7. The second kappa shape index (κ2) is 7.45. The van der Waals surface area contributed by atoms with Crippen LogP contribution in [0.5, 0.6) is 0 Å². The van der Waals surface area contributed by atoms with Crippen LogP contribution in [0, 0.1) is 10.1 Å². The summed E-state index contributed by atoms with van der Waals surface area (Å²) in [5, 5.41) is 15.6. The van der Waals surface area contributed by atoms with Crippen molar-refractivity contribution < 1.29 is 9.72 Å². The number of aromatic nitrogens is 1. The van der Waals surface area contributed by atoms with Crippen molar-refractivity contribution in [3.05, 3.63) is 93.6 Å². The van der Waals surface area contributed by atoms with E-state index in [4.69, 9.17) is 0 Å². The number of amides is 1. The summed E-state index contributed by atoms with van der Waals surface area (Å²) in [5.74, 6) is -0.363. The zero-order valence-electron chi connectivity index (χ0n) is 14.5. The van der Waals surface area contributed by atoms with Gasteiger partial charge < -0.3 is 4.57 Å². The highest BCUT2D eigenvalue weighted by Crippen LogP contribution is 2.28. The second-order valence-corrected chi connectivity index (χ2v) is 7.01. The lowest BCUT2D eigenvalue weighted by Crippen LogP contribution is -2.16. The molecular weight excluding hydrogens is 376 g/mol. The molecule has 4 rings (SSSR count). The maximum atomic E-state index is 12.4. The van der Waals surface area contributed by atoms with E-state index in [0.717, 1.165) is 16.1 Å². The molecule has 0 aliphatic carbocycles. The number of carbonyl (C=O) groups is 1. The summed E-state index contributed by atoms with van der Waals surface area (Å²) < 4.78 is 2.76. The largest absolute Gasteiger partial charge is 0.316 e. The fourth-order valence-corrected chi connectivity index (χ4v) is 3.72. The minimum atomic E-state index is -0.455. The van der Waals surface area contributed by atoms with Crippen LogP contribution in [0.15, 0.2) is 78.0 Å². The summed E-state index contributed by atoms with van der Waals surface area (Å²) in [6.45, 7) is 0. The van der Waals surface area contributed by atoms with Gasteiger partial charge in [0.2, 0.25) is 0 Å². The van der Waals surface area contributed by atoms with Crippen LogP contribution in [0.1, 0.15) is 15.4 Å². The van der Waals surface area contributed by atoms with Crippen molar-refractivity contribution in [1.29, 1.82) is 0 Å². The van der Waals surface area contributed by atoms with Gasteiger partial charge in [-0.15, -0.1) is 11.3 Å². The quantitative estimate of drug-likeness (QED) is 0.312. The first-order valence-electron chi connectivity index (χ1n) is 8.36. The Bertz CT molecular complexity index is 1190. The molecule has 0 unspecified atom stereocenters. The fourth-order valence-electron chi connectivity index (χ4n) is 2.79. The van der Waals surface area contributed by atoms with Crippen molar-refractivity contribution in [2.24, 2.45) is 5.10 Å². The SMILES string of the molecule is O=C(N/N=C\c1cccn1-c1ccccc1)c1cc2cc([N+](=O)[O-])ccc2s1. The van der Waals surface area contributed by atoms with E-state index in [1.807, 2.05) is 53.2 Å². The molecule has 138 valence electrons. The Morgan fingerprint density at radius 3 is 2.71 bits per heavy atom. The zero-order valence-corrected chi connectivity index (χ0v) is 15.3. The molecule has 1 N–H and O–H groups in total. The van der Waals surface area contributed by atoms with Crippen molar-refractivity contribution in [1.82, 2.24) is 9.99 Å². The van der Waals surface area contributed by atoms with E-state index in [1.165, 1.54) is 23.5 Å². The lowest BCUT2D eigenvalue weighted by molar-refractivity contribution is -0.384. The van der Waals surface area contributed by atoms with Gasteiger partial charge in [-0.25, -0.2) is 5.43 Å². The van der Waals surface area contributed by atoms with E-state index in [2.05, 4.69) is 10.5 Å². The number of rotatable bonds is 5. The molecule has 0 radical (unpaired) electrons. The molecule has 0 spiro atoms. The smallest absolute Gasteiger partial charge is 0.281 e. The first kappa shape index (κ1) is 17.6. The molecule has 0 saturated carbocycles. The number of hydrazone groups is 1. The average molecular weight is 390 g/mol. The fraction of sp³-hybridized carbons (Fsp3) is 0. The highest BCUT2D eigenvalue weighted by atomic mass is 32.1. The highest BCUT2D eigenvalue weighted by molar-refractivity contribution is 7.20. The van der Waals surface area contributed by atoms with Crippen molar-refractivity contribution in [2.75, 3.05) is 0 Å². The maximum Gasteiger partial charge on any atom is 0.281 e. The van der Waals surface area contributed by atoms with Crippen LogP contribution in [-0.2, 0) is 0 Å². The molecule has 0 atom stereocenters. The van der Waals surface area contributed by atoms with Crippen LogP contribution in [-0.4, -0.2) is 21.6 Å². The van der Waals surface area contributed by atoms with Gasteiger partial charge in [-0.2, -0.15) is 5.10 Å². The topological polar surface area (TPSA) is 89.5 Å². The molecule has 0 aliphatic heterocycles. The van der Waals surface area contributed by atoms with Gasteiger partial charge >= 0.3 is 0 Å². The monoisotopic (exact) mass is 390 g/mol. The molecule has 0 fully saturated rings. The van der Waals surface area contributed by atoms with Crippen LogP contribution in [0.25, 0.3) is 15.8 Å². The van der Waals surface area contributed by atoms with E-state index < -0.39 is 4.92 Å². The lowest BCUT2D eigenvalue weighted by Gasteiger charge is -2.05. The summed E-state index contributed by atoms with van der Waals surface area (Å²) in [7, 11) is 0. The number of hydrogen-bond acceptors (Lipinski definition) is 5. The number of fused-ring (bicyclic) bond motifs is 1. The molecule has 28 heavy (non-hydrogen) atoms. The number of benzene rings is 2. The average Bonchev–Trinajstić information content (AvgIpc) is 3.34. The first-order valence-corrected chi connectivity index (χ1v) is 9.17. The molecule has 2 aromatic heterocycles. The second-order valence-electron chi connectivity index (χ2n) is 5.93. The van der Waals surface area contributed by atoms with Gasteiger partial charge in [-0.05, 0) is 36.4 Å². The minimum absolute atomic E-state index is 0.00282. The number of nitrogens with zero attached hydrogens (tertiary/aromatic N) is 3. The molecule has 0 aliphatic rings. The number of hydrogen-bond donors (Lipinski definition) is 1. The Balaban J connectivity index is 1.50.